The summed E-state index contributed by atoms with van der Waals surface area (Å²) >= 11 is 5.81. The molecule has 0 amide bonds. The first-order chi connectivity index (χ1) is 8.58. The van der Waals surface area contributed by atoms with Crippen LogP contribution < -0.4 is 4.74 Å². The minimum atomic E-state index is -0.732. The van der Waals surface area contributed by atoms with Crippen molar-refractivity contribution in [1.29, 1.82) is 5.26 Å². The van der Waals surface area contributed by atoms with Crippen molar-refractivity contribution in [3.8, 4) is 17.6 Å². The van der Waals surface area contributed by atoms with E-state index in [0.717, 1.165) is 18.2 Å². The number of nitriles is 1. The van der Waals surface area contributed by atoms with Crippen LogP contribution in [0.25, 0.3) is 0 Å². The molecule has 18 heavy (non-hydrogen) atoms. The van der Waals surface area contributed by atoms with Crippen LogP contribution in [0.3, 0.4) is 0 Å². The lowest BCUT2D eigenvalue weighted by Gasteiger charge is -2.06. The highest BCUT2D eigenvalue weighted by Gasteiger charge is 2.05. The molecular weight excluding hydrogens is 260 g/mol. The van der Waals surface area contributed by atoms with E-state index in [1.165, 1.54) is 18.2 Å². The summed E-state index contributed by atoms with van der Waals surface area (Å²) < 4.78 is 31.1. The van der Waals surface area contributed by atoms with Crippen molar-refractivity contribution in [3.05, 3.63) is 58.6 Å². The number of nitrogens with zero attached hydrogens (tertiary/aromatic N) is 1. The molecule has 0 bridgehead atoms. The summed E-state index contributed by atoms with van der Waals surface area (Å²) in [6, 6.07) is 9.11. The summed E-state index contributed by atoms with van der Waals surface area (Å²) in [6.07, 6.45) is 0. The van der Waals surface area contributed by atoms with Crippen LogP contribution in [0.4, 0.5) is 8.78 Å². The van der Waals surface area contributed by atoms with E-state index in [0.29, 0.717) is 11.3 Å². The molecule has 0 N–H and O–H groups in total. The lowest BCUT2D eigenvalue weighted by molar-refractivity contribution is 0.468. The van der Waals surface area contributed by atoms with Crippen molar-refractivity contribution in [2.24, 2.45) is 0 Å². The summed E-state index contributed by atoms with van der Waals surface area (Å²) in [5.74, 6) is -1.15. The van der Waals surface area contributed by atoms with Crippen molar-refractivity contribution in [2.45, 2.75) is 0 Å². The SMILES string of the molecule is N#Cc1ccc(Oc2cc(F)cc(F)c2)cc1Cl. The van der Waals surface area contributed by atoms with Gasteiger partial charge in [0.2, 0.25) is 0 Å². The van der Waals surface area contributed by atoms with Crippen molar-refractivity contribution in [2.75, 3.05) is 0 Å². The maximum absolute atomic E-state index is 12.9. The largest absolute Gasteiger partial charge is 0.457 e. The van der Waals surface area contributed by atoms with Crippen LogP contribution in [0.1, 0.15) is 5.56 Å². The fraction of sp³-hybridized carbons (Fsp3) is 0. The van der Waals surface area contributed by atoms with Gasteiger partial charge in [0.25, 0.3) is 0 Å². The molecule has 0 saturated heterocycles. The number of benzene rings is 2. The summed E-state index contributed by atoms with van der Waals surface area (Å²) in [5, 5.41) is 8.91. The zero-order valence-electron chi connectivity index (χ0n) is 8.95. The van der Waals surface area contributed by atoms with Crippen LogP contribution in [0.15, 0.2) is 36.4 Å². The Balaban J connectivity index is 2.29. The van der Waals surface area contributed by atoms with Gasteiger partial charge in [0, 0.05) is 24.3 Å². The average molecular weight is 266 g/mol. The van der Waals surface area contributed by atoms with Gasteiger partial charge in [-0.25, -0.2) is 8.78 Å². The van der Waals surface area contributed by atoms with Gasteiger partial charge in [-0.15, -0.1) is 0 Å². The lowest BCUT2D eigenvalue weighted by atomic mass is 10.2. The Labute approximate surface area is 107 Å². The highest BCUT2D eigenvalue weighted by molar-refractivity contribution is 6.31. The third kappa shape index (κ3) is 2.76. The van der Waals surface area contributed by atoms with Crippen molar-refractivity contribution in [3.63, 3.8) is 0 Å². The molecule has 0 saturated carbocycles. The lowest BCUT2D eigenvalue weighted by Crippen LogP contribution is -1.88. The third-order valence-electron chi connectivity index (χ3n) is 2.13. The predicted molar refractivity (Wildman–Crippen MR) is 62.6 cm³/mol. The standard InChI is InChI=1S/C13H6ClF2NO/c14-13-6-11(2-1-8(13)7-17)18-12-4-9(15)3-10(16)5-12/h1-6H. The highest BCUT2D eigenvalue weighted by Crippen LogP contribution is 2.27. The summed E-state index contributed by atoms with van der Waals surface area (Å²) in [4.78, 5) is 0. The second-order valence-corrected chi connectivity index (χ2v) is 3.87. The normalized spacial score (nSPS) is 9.89. The topological polar surface area (TPSA) is 33.0 Å². The molecule has 0 radical (unpaired) electrons. The Morgan fingerprint density at radius 1 is 1.00 bits per heavy atom. The van der Waals surface area contributed by atoms with E-state index in [-0.39, 0.29) is 10.8 Å². The molecule has 2 aromatic rings. The molecule has 2 nitrogen and oxygen atoms in total. The van der Waals surface area contributed by atoms with E-state index in [2.05, 4.69) is 0 Å². The van der Waals surface area contributed by atoms with Crippen LogP contribution in [0.2, 0.25) is 5.02 Å². The van der Waals surface area contributed by atoms with Gasteiger partial charge in [0.05, 0.1) is 10.6 Å². The molecule has 0 aliphatic rings. The minimum absolute atomic E-state index is 0.0216. The van der Waals surface area contributed by atoms with Crippen LogP contribution >= 0.6 is 11.6 Å². The fourth-order valence-corrected chi connectivity index (χ4v) is 1.59. The molecule has 2 aromatic carbocycles. The Morgan fingerprint density at radius 3 is 2.22 bits per heavy atom. The number of hydrogen-bond donors (Lipinski definition) is 0. The number of ether oxygens (including phenoxy) is 1. The van der Waals surface area contributed by atoms with Crippen LogP contribution in [0, 0.1) is 23.0 Å². The smallest absolute Gasteiger partial charge is 0.133 e. The van der Waals surface area contributed by atoms with Gasteiger partial charge in [-0.3, -0.25) is 0 Å². The Kier molecular flexibility index (Phi) is 3.45. The Morgan fingerprint density at radius 2 is 1.67 bits per heavy atom. The quantitative estimate of drug-likeness (QED) is 0.812. The molecule has 0 unspecified atom stereocenters. The van der Waals surface area contributed by atoms with Gasteiger partial charge in [0.15, 0.2) is 0 Å². The highest BCUT2D eigenvalue weighted by atomic mass is 35.5. The molecule has 0 spiro atoms. The Bertz CT molecular complexity index is 617. The maximum Gasteiger partial charge on any atom is 0.133 e. The van der Waals surface area contributed by atoms with E-state index in [4.69, 9.17) is 21.6 Å². The van der Waals surface area contributed by atoms with E-state index in [9.17, 15) is 8.78 Å². The van der Waals surface area contributed by atoms with E-state index < -0.39 is 11.6 Å². The number of halogens is 3. The first-order valence-corrected chi connectivity index (χ1v) is 5.30. The van der Waals surface area contributed by atoms with Gasteiger partial charge < -0.3 is 4.74 Å². The van der Waals surface area contributed by atoms with Crippen molar-refractivity contribution < 1.29 is 13.5 Å². The number of hydrogen-bond acceptors (Lipinski definition) is 2. The van der Waals surface area contributed by atoms with Crippen LogP contribution in [0.5, 0.6) is 11.5 Å². The molecule has 0 aliphatic heterocycles. The molecule has 0 heterocycles. The first-order valence-electron chi connectivity index (χ1n) is 4.92. The molecule has 2 rings (SSSR count). The van der Waals surface area contributed by atoms with Crippen LogP contribution in [-0.4, -0.2) is 0 Å². The second kappa shape index (κ2) is 5.03. The molecular formula is C13H6ClF2NO. The maximum atomic E-state index is 12.9. The molecule has 0 fully saturated rings. The monoisotopic (exact) mass is 265 g/mol. The summed E-state index contributed by atoms with van der Waals surface area (Å²) in [6.45, 7) is 0. The molecule has 0 atom stereocenters. The zero-order chi connectivity index (χ0) is 13.1. The summed E-state index contributed by atoms with van der Waals surface area (Å²) in [5.41, 5.74) is 0.300. The first kappa shape index (κ1) is 12.3. The van der Waals surface area contributed by atoms with E-state index in [1.807, 2.05) is 6.07 Å². The van der Waals surface area contributed by atoms with Crippen molar-refractivity contribution in [1.82, 2.24) is 0 Å². The van der Waals surface area contributed by atoms with Gasteiger partial charge in [0.1, 0.15) is 29.2 Å². The fourth-order valence-electron chi connectivity index (χ4n) is 1.37. The van der Waals surface area contributed by atoms with Gasteiger partial charge in [-0.2, -0.15) is 5.26 Å². The van der Waals surface area contributed by atoms with Crippen LogP contribution in [-0.2, 0) is 0 Å². The number of rotatable bonds is 2. The molecule has 0 aliphatic carbocycles. The minimum Gasteiger partial charge on any atom is -0.457 e. The second-order valence-electron chi connectivity index (χ2n) is 3.46. The average Bonchev–Trinajstić information content (AvgIpc) is 2.27. The van der Waals surface area contributed by atoms with E-state index >= 15 is 0 Å². The van der Waals surface area contributed by atoms with Gasteiger partial charge in [-0.1, -0.05) is 11.6 Å². The molecule has 5 heteroatoms. The predicted octanol–water partition coefficient (Wildman–Crippen LogP) is 4.28. The zero-order valence-corrected chi connectivity index (χ0v) is 9.71. The summed E-state index contributed by atoms with van der Waals surface area (Å²) in [7, 11) is 0. The van der Waals surface area contributed by atoms with Crippen molar-refractivity contribution >= 4 is 11.6 Å². The van der Waals surface area contributed by atoms with Gasteiger partial charge in [-0.05, 0) is 12.1 Å². The Hall–Kier alpha value is -2.12. The molecule has 0 aromatic heterocycles. The van der Waals surface area contributed by atoms with E-state index in [1.54, 1.807) is 0 Å². The van der Waals surface area contributed by atoms with Gasteiger partial charge >= 0.3 is 0 Å². The third-order valence-corrected chi connectivity index (χ3v) is 2.45. The molecule has 90 valence electrons.